The number of hydrogen-bond acceptors (Lipinski definition) is 3. The topological polar surface area (TPSA) is 37.0 Å². The number of nitrogens with one attached hydrogen (secondary N) is 2. The van der Waals surface area contributed by atoms with E-state index in [2.05, 4.69) is 15.6 Å². The molecule has 1 aromatic heterocycles. The first-order valence-corrected chi connectivity index (χ1v) is 6.37. The van der Waals surface area contributed by atoms with Crippen LogP contribution >= 0.6 is 23.2 Å². The van der Waals surface area contributed by atoms with E-state index in [-0.39, 0.29) is 0 Å². The fraction of sp³-hybridized carbons (Fsp3) is 0.154. The van der Waals surface area contributed by atoms with Gasteiger partial charge >= 0.3 is 0 Å². The van der Waals surface area contributed by atoms with Crippen LogP contribution in [0.15, 0.2) is 36.4 Å². The van der Waals surface area contributed by atoms with Gasteiger partial charge in [0, 0.05) is 12.2 Å². The summed E-state index contributed by atoms with van der Waals surface area (Å²) < 4.78 is 0. The van der Waals surface area contributed by atoms with Gasteiger partial charge in [0.2, 0.25) is 0 Å². The summed E-state index contributed by atoms with van der Waals surface area (Å²) in [4.78, 5) is 4.41. The molecule has 1 heterocycles. The van der Waals surface area contributed by atoms with Crippen LogP contribution in [0.2, 0.25) is 10.0 Å². The SMILES string of the molecule is CCNc1cccc(Nc2ccc(Cl)c(Cl)c2)n1. The lowest BCUT2D eigenvalue weighted by atomic mass is 10.3. The van der Waals surface area contributed by atoms with Gasteiger partial charge in [-0.15, -0.1) is 0 Å². The third-order valence-electron chi connectivity index (χ3n) is 2.30. The number of hydrogen-bond donors (Lipinski definition) is 2. The van der Waals surface area contributed by atoms with Crippen molar-refractivity contribution < 1.29 is 0 Å². The normalized spacial score (nSPS) is 10.2. The van der Waals surface area contributed by atoms with Gasteiger partial charge in [0.25, 0.3) is 0 Å². The highest BCUT2D eigenvalue weighted by molar-refractivity contribution is 6.42. The summed E-state index contributed by atoms with van der Waals surface area (Å²) in [5, 5.41) is 7.39. The molecule has 0 spiro atoms. The van der Waals surface area contributed by atoms with Gasteiger partial charge in [0.05, 0.1) is 10.0 Å². The molecule has 0 saturated heterocycles. The Morgan fingerprint density at radius 3 is 2.56 bits per heavy atom. The molecule has 1 aromatic carbocycles. The van der Waals surface area contributed by atoms with Crippen molar-refractivity contribution in [1.29, 1.82) is 0 Å². The summed E-state index contributed by atoms with van der Waals surface area (Å²) >= 11 is 11.8. The van der Waals surface area contributed by atoms with Crippen LogP contribution in [-0.2, 0) is 0 Å². The van der Waals surface area contributed by atoms with Crippen molar-refractivity contribution in [3.63, 3.8) is 0 Å². The van der Waals surface area contributed by atoms with Crippen LogP contribution in [0, 0.1) is 0 Å². The molecule has 18 heavy (non-hydrogen) atoms. The summed E-state index contributed by atoms with van der Waals surface area (Å²) in [7, 11) is 0. The fourth-order valence-electron chi connectivity index (χ4n) is 1.51. The molecule has 94 valence electrons. The maximum atomic E-state index is 5.96. The van der Waals surface area contributed by atoms with Crippen LogP contribution in [0.5, 0.6) is 0 Å². The number of rotatable bonds is 4. The van der Waals surface area contributed by atoms with Gasteiger partial charge in [-0.1, -0.05) is 29.3 Å². The lowest BCUT2D eigenvalue weighted by molar-refractivity contribution is 1.16. The van der Waals surface area contributed by atoms with Crippen LogP contribution in [-0.4, -0.2) is 11.5 Å². The van der Waals surface area contributed by atoms with Crippen molar-refractivity contribution in [1.82, 2.24) is 4.98 Å². The van der Waals surface area contributed by atoms with E-state index in [1.165, 1.54) is 0 Å². The Kier molecular flexibility index (Phi) is 4.28. The van der Waals surface area contributed by atoms with Crippen molar-refractivity contribution in [3.05, 3.63) is 46.4 Å². The first-order chi connectivity index (χ1) is 8.69. The summed E-state index contributed by atoms with van der Waals surface area (Å²) in [6, 6.07) is 11.1. The molecule has 0 radical (unpaired) electrons. The maximum absolute atomic E-state index is 5.96. The molecule has 0 aliphatic carbocycles. The predicted molar refractivity (Wildman–Crippen MR) is 78.1 cm³/mol. The Labute approximate surface area is 116 Å². The zero-order chi connectivity index (χ0) is 13.0. The van der Waals surface area contributed by atoms with E-state index >= 15 is 0 Å². The fourth-order valence-corrected chi connectivity index (χ4v) is 1.80. The minimum absolute atomic E-state index is 0.518. The number of halogens is 2. The van der Waals surface area contributed by atoms with E-state index < -0.39 is 0 Å². The average molecular weight is 282 g/mol. The highest BCUT2D eigenvalue weighted by Crippen LogP contribution is 2.26. The van der Waals surface area contributed by atoms with Crippen molar-refractivity contribution in [2.24, 2.45) is 0 Å². The molecule has 0 saturated carbocycles. The predicted octanol–water partition coefficient (Wildman–Crippen LogP) is 4.56. The first-order valence-electron chi connectivity index (χ1n) is 5.62. The number of nitrogens with zero attached hydrogens (tertiary/aromatic N) is 1. The van der Waals surface area contributed by atoms with Crippen molar-refractivity contribution in [3.8, 4) is 0 Å². The van der Waals surface area contributed by atoms with E-state index in [9.17, 15) is 0 Å². The Morgan fingerprint density at radius 1 is 1.06 bits per heavy atom. The number of aromatic nitrogens is 1. The lowest BCUT2D eigenvalue weighted by Gasteiger charge is -2.08. The molecular weight excluding hydrogens is 269 g/mol. The molecular formula is C13H13Cl2N3. The quantitative estimate of drug-likeness (QED) is 0.862. The first kappa shape index (κ1) is 13.0. The second kappa shape index (κ2) is 5.94. The molecule has 2 rings (SSSR count). The number of pyridine rings is 1. The van der Waals surface area contributed by atoms with Gasteiger partial charge in [-0.05, 0) is 37.3 Å². The second-order valence-corrected chi connectivity index (χ2v) is 4.51. The van der Waals surface area contributed by atoms with Gasteiger partial charge in [-0.2, -0.15) is 0 Å². The van der Waals surface area contributed by atoms with Crippen LogP contribution in [0.1, 0.15) is 6.92 Å². The molecule has 0 fully saturated rings. The van der Waals surface area contributed by atoms with Crippen LogP contribution < -0.4 is 10.6 Å². The van der Waals surface area contributed by atoms with Crippen molar-refractivity contribution in [2.75, 3.05) is 17.2 Å². The standard InChI is InChI=1S/C13H13Cl2N3/c1-2-16-12-4-3-5-13(18-12)17-9-6-7-10(14)11(15)8-9/h3-8H,2H2,1H3,(H2,16,17,18). The lowest BCUT2D eigenvalue weighted by Crippen LogP contribution is -2.01. The average Bonchev–Trinajstić information content (AvgIpc) is 2.35. The molecule has 0 aliphatic rings. The van der Waals surface area contributed by atoms with Gasteiger partial charge in [-0.25, -0.2) is 4.98 Å². The van der Waals surface area contributed by atoms with E-state index in [1.54, 1.807) is 12.1 Å². The van der Waals surface area contributed by atoms with Crippen LogP contribution in [0.3, 0.4) is 0 Å². The summed E-state index contributed by atoms with van der Waals surface area (Å²) in [5.41, 5.74) is 0.852. The highest BCUT2D eigenvalue weighted by Gasteiger charge is 2.01. The highest BCUT2D eigenvalue weighted by atomic mass is 35.5. The minimum Gasteiger partial charge on any atom is -0.370 e. The van der Waals surface area contributed by atoms with E-state index in [0.717, 1.165) is 23.9 Å². The molecule has 0 unspecified atom stereocenters. The third-order valence-corrected chi connectivity index (χ3v) is 3.04. The van der Waals surface area contributed by atoms with Crippen LogP contribution in [0.25, 0.3) is 0 Å². The number of benzene rings is 1. The number of anilines is 3. The molecule has 3 nitrogen and oxygen atoms in total. The molecule has 5 heteroatoms. The molecule has 0 atom stereocenters. The van der Waals surface area contributed by atoms with Crippen LogP contribution in [0.4, 0.5) is 17.3 Å². The molecule has 2 N–H and O–H groups in total. The molecule has 0 aliphatic heterocycles. The van der Waals surface area contributed by atoms with E-state index in [4.69, 9.17) is 23.2 Å². The van der Waals surface area contributed by atoms with Gasteiger partial charge < -0.3 is 10.6 Å². The zero-order valence-corrected chi connectivity index (χ0v) is 11.4. The largest absolute Gasteiger partial charge is 0.370 e. The smallest absolute Gasteiger partial charge is 0.132 e. The van der Waals surface area contributed by atoms with Gasteiger partial charge in [0.15, 0.2) is 0 Å². The zero-order valence-electron chi connectivity index (χ0n) is 9.87. The Balaban J connectivity index is 2.17. The monoisotopic (exact) mass is 281 g/mol. The third kappa shape index (κ3) is 3.28. The maximum Gasteiger partial charge on any atom is 0.132 e. The molecule has 0 amide bonds. The van der Waals surface area contributed by atoms with Gasteiger partial charge in [0.1, 0.15) is 11.6 Å². The summed E-state index contributed by atoms with van der Waals surface area (Å²) in [5.74, 6) is 1.59. The Hall–Kier alpha value is -1.45. The second-order valence-electron chi connectivity index (χ2n) is 3.69. The molecule has 0 bridgehead atoms. The Morgan fingerprint density at radius 2 is 1.83 bits per heavy atom. The summed E-state index contributed by atoms with van der Waals surface area (Å²) in [6.07, 6.45) is 0. The van der Waals surface area contributed by atoms with Crippen molar-refractivity contribution >= 4 is 40.5 Å². The molecule has 2 aromatic rings. The minimum atomic E-state index is 0.518. The van der Waals surface area contributed by atoms with Gasteiger partial charge in [-0.3, -0.25) is 0 Å². The van der Waals surface area contributed by atoms with E-state index in [1.807, 2.05) is 31.2 Å². The Bertz CT molecular complexity index is 544. The van der Waals surface area contributed by atoms with E-state index in [0.29, 0.717) is 10.0 Å². The summed E-state index contributed by atoms with van der Waals surface area (Å²) in [6.45, 7) is 2.87. The van der Waals surface area contributed by atoms with Crippen molar-refractivity contribution in [2.45, 2.75) is 6.92 Å².